The molecule has 0 atom stereocenters. The summed E-state index contributed by atoms with van der Waals surface area (Å²) in [6.07, 6.45) is 0. The average molecular weight is 395 g/mol. The van der Waals surface area contributed by atoms with Gasteiger partial charge in [-0.1, -0.05) is 31.7 Å². The van der Waals surface area contributed by atoms with E-state index in [1.807, 2.05) is 12.1 Å². The lowest BCUT2D eigenvalue weighted by Crippen LogP contribution is -2.12. The highest BCUT2D eigenvalue weighted by Crippen LogP contribution is 2.33. The number of aromatic nitrogens is 1. The first-order chi connectivity index (χ1) is 11.9. The second-order valence-electron chi connectivity index (χ2n) is 5.61. The molecule has 1 aromatic heterocycles. The van der Waals surface area contributed by atoms with E-state index in [2.05, 4.69) is 23.6 Å². The van der Waals surface area contributed by atoms with Gasteiger partial charge in [-0.05, 0) is 30.3 Å². The third-order valence-electron chi connectivity index (χ3n) is 3.31. The zero-order valence-corrected chi connectivity index (χ0v) is 16.5. The molecular formula is C17H18N2O3S3. The molecule has 5 nitrogen and oxygen atoms in total. The molecule has 0 radical (unpaired) electrons. The summed E-state index contributed by atoms with van der Waals surface area (Å²) >= 11 is 3.26. The number of hydrogen-bond donors (Lipinski definition) is 1. The molecule has 0 saturated heterocycles. The van der Waals surface area contributed by atoms with Gasteiger partial charge in [0.15, 0.2) is 4.34 Å². The molecule has 0 unspecified atom stereocenters. The molecule has 8 heteroatoms. The summed E-state index contributed by atoms with van der Waals surface area (Å²) in [6, 6.07) is 11.8. The molecule has 0 aliphatic carbocycles. The number of thiazole rings is 1. The first-order valence-corrected chi connectivity index (χ1v) is 10.8. The highest BCUT2D eigenvalue weighted by molar-refractivity contribution is 8.01. The zero-order valence-electron chi connectivity index (χ0n) is 14.0. The zero-order chi connectivity index (χ0) is 18.0. The second kappa shape index (κ2) is 7.23. The number of hydrogen-bond acceptors (Lipinski definition) is 6. The summed E-state index contributed by atoms with van der Waals surface area (Å²) in [5.41, 5.74) is 1.39. The number of methoxy groups -OCH3 is 1. The van der Waals surface area contributed by atoms with Gasteiger partial charge in [-0.3, -0.25) is 4.72 Å². The first kappa shape index (κ1) is 18.0. The predicted octanol–water partition coefficient (Wildman–Crippen LogP) is 4.61. The van der Waals surface area contributed by atoms with Crippen LogP contribution in [0.15, 0.2) is 51.7 Å². The lowest BCUT2D eigenvalue weighted by atomic mass is 10.3. The van der Waals surface area contributed by atoms with Crippen LogP contribution in [0.4, 0.5) is 5.69 Å². The fourth-order valence-electron chi connectivity index (χ4n) is 2.20. The van der Waals surface area contributed by atoms with E-state index in [4.69, 9.17) is 4.74 Å². The Morgan fingerprint density at radius 1 is 1.20 bits per heavy atom. The van der Waals surface area contributed by atoms with Crippen molar-refractivity contribution in [3.63, 3.8) is 0 Å². The summed E-state index contributed by atoms with van der Waals surface area (Å²) in [6.45, 7) is 4.23. The molecule has 0 aliphatic heterocycles. The maximum atomic E-state index is 12.6. The van der Waals surface area contributed by atoms with E-state index in [-0.39, 0.29) is 4.90 Å². The number of thioether (sulfide) groups is 1. The predicted molar refractivity (Wildman–Crippen MR) is 104 cm³/mol. The lowest BCUT2D eigenvalue weighted by molar-refractivity contribution is 0.413. The van der Waals surface area contributed by atoms with E-state index >= 15 is 0 Å². The Bertz CT molecular complexity index is 997. The van der Waals surface area contributed by atoms with Gasteiger partial charge in [0, 0.05) is 11.3 Å². The fourth-order valence-corrected chi connectivity index (χ4v) is 5.62. The van der Waals surface area contributed by atoms with Gasteiger partial charge in [-0.25, -0.2) is 13.4 Å². The quantitative estimate of drug-likeness (QED) is 0.619. The Kier molecular flexibility index (Phi) is 5.21. The number of benzene rings is 2. The second-order valence-corrected chi connectivity index (χ2v) is 10.2. The van der Waals surface area contributed by atoms with Crippen LogP contribution in [0.1, 0.15) is 13.8 Å². The summed E-state index contributed by atoms with van der Waals surface area (Å²) in [5.74, 6) is 0.496. The van der Waals surface area contributed by atoms with E-state index in [9.17, 15) is 8.42 Å². The number of rotatable bonds is 6. The number of fused-ring (bicyclic) bond motifs is 1. The van der Waals surface area contributed by atoms with E-state index in [0.717, 1.165) is 14.6 Å². The summed E-state index contributed by atoms with van der Waals surface area (Å²) < 4.78 is 34.8. The normalized spacial score (nSPS) is 11.8. The molecule has 0 amide bonds. The summed E-state index contributed by atoms with van der Waals surface area (Å²) in [5, 5.41) is 0.451. The van der Waals surface area contributed by atoms with Gasteiger partial charge in [0.1, 0.15) is 5.75 Å². The Labute approximate surface area is 155 Å². The Hall–Kier alpha value is -1.77. The van der Waals surface area contributed by atoms with Crippen LogP contribution < -0.4 is 9.46 Å². The van der Waals surface area contributed by atoms with Gasteiger partial charge < -0.3 is 4.74 Å². The number of nitrogens with one attached hydrogen (secondary N) is 1. The molecule has 1 heterocycles. The number of nitrogens with zero attached hydrogens (tertiary/aromatic N) is 1. The van der Waals surface area contributed by atoms with Crippen molar-refractivity contribution in [2.45, 2.75) is 28.3 Å². The molecule has 3 rings (SSSR count). The summed E-state index contributed by atoms with van der Waals surface area (Å²) in [4.78, 5) is 4.72. The molecule has 0 spiro atoms. The molecule has 3 aromatic rings. The minimum Gasteiger partial charge on any atom is -0.497 e. The van der Waals surface area contributed by atoms with Crippen molar-refractivity contribution in [2.24, 2.45) is 0 Å². The molecule has 0 bridgehead atoms. The topological polar surface area (TPSA) is 68.3 Å². The van der Waals surface area contributed by atoms with Crippen LogP contribution in [0.3, 0.4) is 0 Å². The van der Waals surface area contributed by atoms with Crippen molar-refractivity contribution in [1.82, 2.24) is 4.98 Å². The minimum absolute atomic E-state index is 0.160. The van der Waals surface area contributed by atoms with Crippen LogP contribution >= 0.6 is 23.1 Å². The monoisotopic (exact) mass is 394 g/mol. The van der Waals surface area contributed by atoms with Crippen molar-refractivity contribution >= 4 is 49.0 Å². The third kappa shape index (κ3) is 4.26. The number of anilines is 1. The Balaban J connectivity index is 1.88. The van der Waals surface area contributed by atoms with Gasteiger partial charge in [0.05, 0.1) is 27.9 Å². The van der Waals surface area contributed by atoms with E-state index in [1.165, 1.54) is 19.2 Å². The van der Waals surface area contributed by atoms with Crippen molar-refractivity contribution in [3.8, 4) is 5.75 Å². The van der Waals surface area contributed by atoms with Gasteiger partial charge in [-0.15, -0.1) is 11.3 Å². The van der Waals surface area contributed by atoms with Crippen LogP contribution in [-0.4, -0.2) is 25.8 Å². The van der Waals surface area contributed by atoms with Crippen LogP contribution in [0.2, 0.25) is 0 Å². The van der Waals surface area contributed by atoms with Crippen molar-refractivity contribution in [3.05, 3.63) is 42.5 Å². The summed E-state index contributed by atoms with van der Waals surface area (Å²) in [7, 11) is -2.17. The highest BCUT2D eigenvalue weighted by atomic mass is 32.2. The van der Waals surface area contributed by atoms with Gasteiger partial charge in [-0.2, -0.15) is 0 Å². The molecule has 0 saturated carbocycles. The molecular weight excluding hydrogens is 376 g/mol. The number of ether oxygens (including phenoxy) is 1. The van der Waals surface area contributed by atoms with E-state index in [0.29, 0.717) is 16.7 Å². The average Bonchev–Trinajstić information content (AvgIpc) is 2.95. The largest absolute Gasteiger partial charge is 0.497 e. The maximum absolute atomic E-state index is 12.6. The Morgan fingerprint density at radius 2 is 2.00 bits per heavy atom. The van der Waals surface area contributed by atoms with Crippen LogP contribution in [0.5, 0.6) is 5.75 Å². The maximum Gasteiger partial charge on any atom is 0.262 e. The van der Waals surface area contributed by atoms with Crippen LogP contribution in [-0.2, 0) is 10.0 Å². The fraction of sp³-hybridized carbons (Fsp3) is 0.235. The van der Waals surface area contributed by atoms with Gasteiger partial charge in [0.2, 0.25) is 0 Å². The van der Waals surface area contributed by atoms with Gasteiger partial charge in [0.25, 0.3) is 10.0 Å². The first-order valence-electron chi connectivity index (χ1n) is 7.61. The smallest absolute Gasteiger partial charge is 0.262 e. The number of sulfonamides is 1. The SMILES string of the molecule is COc1cccc(S(=O)(=O)Nc2ccc3nc(SC(C)C)sc3c2)c1. The molecule has 132 valence electrons. The standard InChI is InChI=1S/C17H18N2O3S3/c1-11(2)23-17-18-15-8-7-12(9-16(15)24-17)19-25(20,21)14-6-4-5-13(10-14)22-3/h4-11,19H,1-3H3. The third-order valence-corrected chi connectivity index (χ3v) is 6.80. The highest BCUT2D eigenvalue weighted by Gasteiger charge is 2.16. The van der Waals surface area contributed by atoms with Crippen LogP contribution in [0.25, 0.3) is 10.2 Å². The molecule has 0 fully saturated rings. The molecule has 25 heavy (non-hydrogen) atoms. The minimum atomic E-state index is -3.68. The Morgan fingerprint density at radius 3 is 2.72 bits per heavy atom. The van der Waals surface area contributed by atoms with Crippen molar-refractivity contribution in [1.29, 1.82) is 0 Å². The van der Waals surface area contributed by atoms with Gasteiger partial charge >= 0.3 is 0 Å². The molecule has 2 aromatic carbocycles. The van der Waals surface area contributed by atoms with E-state index in [1.54, 1.807) is 41.3 Å². The van der Waals surface area contributed by atoms with Crippen LogP contribution in [0, 0.1) is 0 Å². The van der Waals surface area contributed by atoms with Crippen molar-refractivity contribution < 1.29 is 13.2 Å². The van der Waals surface area contributed by atoms with E-state index < -0.39 is 10.0 Å². The van der Waals surface area contributed by atoms with Crippen molar-refractivity contribution in [2.75, 3.05) is 11.8 Å². The molecule has 1 N–H and O–H groups in total. The lowest BCUT2D eigenvalue weighted by Gasteiger charge is -2.09. The molecule has 0 aliphatic rings.